The molecule has 0 aliphatic rings. The zero-order valence-corrected chi connectivity index (χ0v) is 9.58. The van der Waals surface area contributed by atoms with Crippen molar-refractivity contribution < 1.29 is 0 Å². The average molecular weight is 226 g/mol. The highest BCUT2D eigenvalue weighted by atomic mass is 35.5. The Morgan fingerprint density at radius 3 is 2.80 bits per heavy atom. The van der Waals surface area contributed by atoms with Gasteiger partial charge in [0.25, 0.3) is 0 Å². The molecule has 0 aliphatic heterocycles. The first kappa shape index (κ1) is 10.2. The quantitative estimate of drug-likeness (QED) is 0.848. The van der Waals surface area contributed by atoms with Crippen molar-refractivity contribution in [1.82, 2.24) is 19.8 Å². The van der Waals surface area contributed by atoms with Crippen LogP contribution in [0.15, 0.2) is 6.07 Å². The molecule has 0 atom stereocenters. The lowest BCUT2D eigenvalue weighted by molar-refractivity contribution is 0.839. The van der Waals surface area contributed by atoms with Gasteiger partial charge in [-0.2, -0.15) is 9.61 Å². The molecule has 0 saturated carbocycles. The van der Waals surface area contributed by atoms with E-state index < -0.39 is 0 Å². The molecule has 2 heterocycles. The topological polar surface area (TPSA) is 55.1 Å². The molecule has 0 aliphatic carbocycles. The van der Waals surface area contributed by atoms with Crippen LogP contribution < -0.4 is 5.32 Å². The van der Waals surface area contributed by atoms with Crippen LogP contribution in [0.2, 0.25) is 5.15 Å². The van der Waals surface area contributed by atoms with Gasteiger partial charge in [0.05, 0.1) is 0 Å². The first-order valence-corrected chi connectivity index (χ1v) is 5.11. The number of hydrogen-bond acceptors (Lipinski definition) is 4. The smallest absolute Gasteiger partial charge is 0.246 e. The SMILES string of the molecule is Cc1cc2nnc(NC(C)C)n2nc1Cl. The van der Waals surface area contributed by atoms with Crippen LogP contribution in [0.1, 0.15) is 19.4 Å². The minimum atomic E-state index is 0.277. The molecule has 80 valence electrons. The maximum atomic E-state index is 5.94. The molecule has 0 fully saturated rings. The van der Waals surface area contributed by atoms with E-state index in [0.717, 1.165) is 5.56 Å². The maximum Gasteiger partial charge on any atom is 0.246 e. The molecule has 15 heavy (non-hydrogen) atoms. The van der Waals surface area contributed by atoms with E-state index in [1.165, 1.54) is 0 Å². The van der Waals surface area contributed by atoms with Crippen LogP contribution >= 0.6 is 11.6 Å². The number of fused-ring (bicyclic) bond motifs is 1. The molecule has 0 saturated heterocycles. The molecule has 2 aromatic rings. The van der Waals surface area contributed by atoms with Gasteiger partial charge in [-0.15, -0.1) is 10.2 Å². The maximum absolute atomic E-state index is 5.94. The van der Waals surface area contributed by atoms with Crippen LogP contribution in [0.4, 0.5) is 5.95 Å². The number of rotatable bonds is 2. The summed E-state index contributed by atoms with van der Waals surface area (Å²) >= 11 is 5.94. The average Bonchev–Trinajstić information content (AvgIpc) is 2.49. The Balaban J connectivity index is 2.54. The third kappa shape index (κ3) is 1.87. The van der Waals surface area contributed by atoms with Crippen LogP contribution in [0.3, 0.4) is 0 Å². The van der Waals surface area contributed by atoms with Gasteiger partial charge in [0.2, 0.25) is 5.95 Å². The second-order valence-corrected chi connectivity index (χ2v) is 4.07. The van der Waals surface area contributed by atoms with Crippen LogP contribution in [-0.2, 0) is 0 Å². The van der Waals surface area contributed by atoms with E-state index in [1.54, 1.807) is 4.52 Å². The molecule has 1 N–H and O–H groups in total. The van der Waals surface area contributed by atoms with Crippen LogP contribution in [0.25, 0.3) is 5.65 Å². The standard InChI is InChI=1S/C9H12ClN5/c1-5(2)11-9-13-12-7-4-6(3)8(10)14-15(7)9/h4-5H,1-3H3,(H,11,13). The van der Waals surface area contributed by atoms with Gasteiger partial charge in [0.15, 0.2) is 10.8 Å². The molecular weight excluding hydrogens is 214 g/mol. The Kier molecular flexibility index (Phi) is 2.48. The lowest BCUT2D eigenvalue weighted by Crippen LogP contribution is -2.13. The normalized spacial score (nSPS) is 11.3. The number of nitrogens with zero attached hydrogens (tertiary/aromatic N) is 4. The van der Waals surface area contributed by atoms with Crippen LogP contribution in [0, 0.1) is 6.92 Å². The Morgan fingerprint density at radius 1 is 1.40 bits per heavy atom. The summed E-state index contributed by atoms with van der Waals surface area (Å²) in [5, 5.41) is 15.8. The second-order valence-electron chi connectivity index (χ2n) is 3.71. The fourth-order valence-corrected chi connectivity index (χ4v) is 1.38. The molecule has 2 rings (SSSR count). The highest BCUT2D eigenvalue weighted by Crippen LogP contribution is 2.15. The van der Waals surface area contributed by atoms with Gasteiger partial charge < -0.3 is 5.32 Å². The van der Waals surface area contributed by atoms with E-state index in [2.05, 4.69) is 20.6 Å². The van der Waals surface area contributed by atoms with Crippen molar-refractivity contribution >= 4 is 23.2 Å². The highest BCUT2D eigenvalue weighted by Gasteiger charge is 2.09. The predicted molar refractivity (Wildman–Crippen MR) is 59.3 cm³/mol. The number of halogens is 1. The monoisotopic (exact) mass is 225 g/mol. The van der Waals surface area contributed by atoms with Gasteiger partial charge in [-0.25, -0.2) is 0 Å². The van der Waals surface area contributed by atoms with E-state index in [9.17, 15) is 0 Å². The summed E-state index contributed by atoms with van der Waals surface area (Å²) in [5.74, 6) is 0.613. The van der Waals surface area contributed by atoms with Gasteiger partial charge in [-0.1, -0.05) is 11.6 Å². The van der Waals surface area contributed by atoms with Crippen molar-refractivity contribution in [3.63, 3.8) is 0 Å². The molecule has 6 heteroatoms. The van der Waals surface area contributed by atoms with Crippen molar-refractivity contribution in [3.8, 4) is 0 Å². The van der Waals surface area contributed by atoms with Crippen LogP contribution in [-0.4, -0.2) is 25.9 Å². The predicted octanol–water partition coefficient (Wildman–Crippen LogP) is 1.91. The number of aryl methyl sites for hydroxylation is 1. The fraction of sp³-hybridized carbons (Fsp3) is 0.444. The van der Waals surface area contributed by atoms with Crippen molar-refractivity contribution in [2.75, 3.05) is 5.32 Å². The Labute approximate surface area is 92.5 Å². The summed E-state index contributed by atoms with van der Waals surface area (Å²) < 4.78 is 1.61. The van der Waals surface area contributed by atoms with Gasteiger partial charge in [-0.05, 0) is 32.4 Å². The Hall–Kier alpha value is -1.36. The highest BCUT2D eigenvalue weighted by molar-refractivity contribution is 6.30. The molecule has 0 aromatic carbocycles. The Morgan fingerprint density at radius 2 is 2.13 bits per heavy atom. The molecule has 0 radical (unpaired) electrons. The van der Waals surface area contributed by atoms with Gasteiger partial charge in [-0.3, -0.25) is 0 Å². The van der Waals surface area contributed by atoms with Crippen molar-refractivity contribution in [1.29, 1.82) is 0 Å². The summed E-state index contributed by atoms with van der Waals surface area (Å²) in [6, 6.07) is 2.13. The zero-order valence-electron chi connectivity index (χ0n) is 8.82. The number of anilines is 1. The van der Waals surface area contributed by atoms with Crippen molar-refractivity contribution in [2.45, 2.75) is 26.8 Å². The van der Waals surface area contributed by atoms with Gasteiger partial charge in [0.1, 0.15) is 0 Å². The number of hydrogen-bond donors (Lipinski definition) is 1. The lowest BCUT2D eigenvalue weighted by atomic mass is 10.3. The summed E-state index contributed by atoms with van der Waals surface area (Å²) in [5.41, 5.74) is 1.59. The van der Waals surface area contributed by atoms with E-state index >= 15 is 0 Å². The summed E-state index contributed by atoms with van der Waals surface area (Å²) in [4.78, 5) is 0. The summed E-state index contributed by atoms with van der Waals surface area (Å²) in [6.07, 6.45) is 0. The van der Waals surface area contributed by atoms with E-state index in [0.29, 0.717) is 16.7 Å². The Bertz CT molecular complexity index is 490. The molecule has 2 aromatic heterocycles. The third-order valence-corrected chi connectivity index (χ3v) is 2.32. The molecule has 5 nitrogen and oxygen atoms in total. The largest absolute Gasteiger partial charge is 0.351 e. The van der Waals surface area contributed by atoms with Crippen LogP contribution in [0.5, 0.6) is 0 Å². The second kappa shape index (κ2) is 3.66. The summed E-state index contributed by atoms with van der Waals surface area (Å²) in [6.45, 7) is 5.94. The number of aromatic nitrogens is 4. The van der Waals surface area contributed by atoms with E-state index in [-0.39, 0.29) is 6.04 Å². The van der Waals surface area contributed by atoms with E-state index in [4.69, 9.17) is 11.6 Å². The molecule has 0 unspecified atom stereocenters. The first-order chi connectivity index (χ1) is 7.08. The molecular formula is C9H12ClN5. The van der Waals surface area contributed by atoms with Crippen molar-refractivity contribution in [3.05, 3.63) is 16.8 Å². The minimum absolute atomic E-state index is 0.277. The minimum Gasteiger partial charge on any atom is -0.351 e. The third-order valence-electron chi connectivity index (χ3n) is 1.94. The molecule has 0 amide bonds. The van der Waals surface area contributed by atoms with Gasteiger partial charge >= 0.3 is 0 Å². The number of nitrogens with one attached hydrogen (secondary N) is 1. The first-order valence-electron chi connectivity index (χ1n) is 4.73. The summed E-state index contributed by atoms with van der Waals surface area (Å²) in [7, 11) is 0. The van der Waals surface area contributed by atoms with E-state index in [1.807, 2.05) is 26.8 Å². The molecule has 0 bridgehead atoms. The van der Waals surface area contributed by atoms with Gasteiger partial charge in [0, 0.05) is 6.04 Å². The fourth-order valence-electron chi connectivity index (χ4n) is 1.25. The lowest BCUT2D eigenvalue weighted by Gasteiger charge is -2.06. The molecule has 0 spiro atoms. The zero-order chi connectivity index (χ0) is 11.0. The van der Waals surface area contributed by atoms with Crippen molar-refractivity contribution in [2.24, 2.45) is 0 Å².